The number of ether oxygens (including phenoxy) is 2. The van der Waals surface area contributed by atoms with E-state index >= 15 is 0 Å². The van der Waals surface area contributed by atoms with Gasteiger partial charge in [-0.15, -0.1) is 0 Å². The van der Waals surface area contributed by atoms with E-state index in [2.05, 4.69) is 0 Å². The standard InChI is InChI=1S/C31H26N2O5/c1-36-25-18-16-21(17-19-25)27-31(22-10-5-3-6-11-22)28(38-33(27)23-12-7-4-8-13-23)29(34)32(30(31)35)24-14-9-15-26(20-24)37-2/h3-20,27-28H,1-2H3/t27-,28-,31+/m1/s1. The molecule has 0 N–H and O–H groups in total. The second-order valence-corrected chi connectivity index (χ2v) is 9.24. The van der Waals surface area contributed by atoms with E-state index in [0.717, 1.165) is 11.3 Å². The summed E-state index contributed by atoms with van der Waals surface area (Å²) in [6.07, 6.45) is -1.09. The lowest BCUT2D eigenvalue weighted by atomic mass is 9.69. The highest BCUT2D eigenvalue weighted by Gasteiger charge is 2.72. The Labute approximate surface area is 220 Å². The van der Waals surface area contributed by atoms with E-state index in [-0.39, 0.29) is 5.91 Å². The van der Waals surface area contributed by atoms with Crippen molar-refractivity contribution >= 4 is 23.2 Å². The molecule has 4 aromatic rings. The molecule has 2 aliphatic rings. The molecule has 7 nitrogen and oxygen atoms in total. The SMILES string of the molecule is COc1ccc([C@H]2N(c3ccccc3)O[C@@H]3C(=O)N(c4cccc(OC)c4)C(=O)[C@]32c2ccccc2)cc1. The Bertz CT molecular complexity index is 1480. The quantitative estimate of drug-likeness (QED) is 0.340. The van der Waals surface area contributed by atoms with E-state index in [4.69, 9.17) is 14.3 Å². The number of nitrogens with zero attached hydrogens (tertiary/aromatic N) is 2. The number of anilines is 2. The van der Waals surface area contributed by atoms with Gasteiger partial charge in [-0.3, -0.25) is 14.4 Å². The highest BCUT2D eigenvalue weighted by molar-refractivity contribution is 6.28. The average Bonchev–Trinajstić information content (AvgIpc) is 3.45. The Morgan fingerprint density at radius 3 is 2.00 bits per heavy atom. The van der Waals surface area contributed by atoms with Gasteiger partial charge in [-0.25, -0.2) is 9.96 Å². The summed E-state index contributed by atoms with van der Waals surface area (Å²) >= 11 is 0. The smallest absolute Gasteiger partial charge is 0.267 e. The van der Waals surface area contributed by atoms with E-state index in [1.54, 1.807) is 43.5 Å². The Morgan fingerprint density at radius 2 is 1.34 bits per heavy atom. The van der Waals surface area contributed by atoms with Crippen LogP contribution < -0.4 is 19.4 Å². The first-order valence-electron chi connectivity index (χ1n) is 12.3. The highest BCUT2D eigenvalue weighted by atomic mass is 16.7. The molecule has 2 aliphatic heterocycles. The van der Waals surface area contributed by atoms with E-state index in [9.17, 15) is 9.59 Å². The average molecular weight is 507 g/mol. The number of hydrogen-bond donors (Lipinski definition) is 0. The van der Waals surface area contributed by atoms with Crippen LogP contribution in [0.25, 0.3) is 0 Å². The van der Waals surface area contributed by atoms with Crippen LogP contribution >= 0.6 is 0 Å². The van der Waals surface area contributed by atoms with Crippen LogP contribution in [0, 0.1) is 0 Å². The molecule has 2 heterocycles. The van der Waals surface area contributed by atoms with Crippen molar-refractivity contribution in [2.75, 3.05) is 24.2 Å². The summed E-state index contributed by atoms with van der Waals surface area (Å²) in [6.45, 7) is 0. The number of para-hydroxylation sites is 1. The number of fused-ring (bicyclic) bond motifs is 1. The minimum Gasteiger partial charge on any atom is -0.497 e. The number of rotatable bonds is 6. The Hall–Kier alpha value is -4.62. The van der Waals surface area contributed by atoms with Gasteiger partial charge in [-0.2, -0.15) is 0 Å². The fraction of sp³-hybridized carbons (Fsp3) is 0.161. The van der Waals surface area contributed by atoms with E-state index in [1.807, 2.05) is 84.9 Å². The fourth-order valence-electron chi connectivity index (χ4n) is 5.57. The Kier molecular flexibility index (Phi) is 5.85. The van der Waals surface area contributed by atoms with Crippen molar-refractivity contribution in [1.29, 1.82) is 0 Å². The lowest BCUT2D eigenvalue weighted by molar-refractivity contribution is -0.126. The van der Waals surface area contributed by atoms with Crippen LogP contribution in [-0.2, 0) is 19.8 Å². The molecule has 3 atom stereocenters. The van der Waals surface area contributed by atoms with Gasteiger partial charge in [0.2, 0.25) is 5.91 Å². The molecule has 190 valence electrons. The summed E-state index contributed by atoms with van der Waals surface area (Å²) in [5.74, 6) is 0.457. The zero-order valence-corrected chi connectivity index (χ0v) is 21.0. The van der Waals surface area contributed by atoms with Crippen LogP contribution in [0.15, 0.2) is 109 Å². The van der Waals surface area contributed by atoms with Gasteiger partial charge < -0.3 is 9.47 Å². The van der Waals surface area contributed by atoms with Crippen LogP contribution in [-0.4, -0.2) is 32.1 Å². The third-order valence-electron chi connectivity index (χ3n) is 7.31. The Morgan fingerprint density at radius 1 is 0.711 bits per heavy atom. The van der Waals surface area contributed by atoms with Gasteiger partial charge in [0, 0.05) is 6.07 Å². The topological polar surface area (TPSA) is 68.3 Å². The fourth-order valence-corrected chi connectivity index (χ4v) is 5.57. The molecule has 0 aromatic heterocycles. The summed E-state index contributed by atoms with van der Waals surface area (Å²) in [6, 6.07) is 32.8. The highest BCUT2D eigenvalue weighted by Crippen LogP contribution is 2.57. The third-order valence-corrected chi connectivity index (χ3v) is 7.31. The van der Waals surface area contributed by atoms with Crippen LogP contribution in [0.3, 0.4) is 0 Å². The zero-order chi connectivity index (χ0) is 26.3. The first kappa shape index (κ1) is 23.8. The molecular weight excluding hydrogens is 480 g/mol. The van der Waals surface area contributed by atoms with Gasteiger partial charge in [0.25, 0.3) is 5.91 Å². The molecule has 0 aliphatic carbocycles. The van der Waals surface area contributed by atoms with E-state index in [0.29, 0.717) is 22.7 Å². The first-order valence-corrected chi connectivity index (χ1v) is 12.3. The maximum atomic E-state index is 14.7. The van der Waals surface area contributed by atoms with Crippen molar-refractivity contribution in [3.05, 3.63) is 120 Å². The predicted octanol–water partition coefficient (Wildman–Crippen LogP) is 5.08. The second kappa shape index (κ2) is 9.36. The molecule has 2 amide bonds. The molecule has 0 radical (unpaired) electrons. The Balaban J connectivity index is 1.60. The monoisotopic (exact) mass is 506 g/mol. The van der Waals surface area contributed by atoms with Crippen LogP contribution in [0.5, 0.6) is 11.5 Å². The van der Waals surface area contributed by atoms with Crippen molar-refractivity contribution in [3.63, 3.8) is 0 Å². The molecular formula is C31H26N2O5. The minimum atomic E-state index is -1.36. The number of carbonyl (C=O) groups is 2. The molecule has 0 bridgehead atoms. The number of imide groups is 1. The van der Waals surface area contributed by atoms with Crippen molar-refractivity contribution in [1.82, 2.24) is 0 Å². The third kappa shape index (κ3) is 3.47. The van der Waals surface area contributed by atoms with Crippen molar-refractivity contribution < 1.29 is 23.9 Å². The van der Waals surface area contributed by atoms with Gasteiger partial charge in [-0.05, 0) is 47.5 Å². The second-order valence-electron chi connectivity index (χ2n) is 9.24. The molecule has 7 heteroatoms. The van der Waals surface area contributed by atoms with Crippen molar-refractivity contribution in [2.45, 2.75) is 17.6 Å². The van der Waals surface area contributed by atoms with E-state index in [1.165, 1.54) is 4.90 Å². The van der Waals surface area contributed by atoms with Crippen molar-refractivity contribution in [2.24, 2.45) is 0 Å². The predicted molar refractivity (Wildman–Crippen MR) is 143 cm³/mol. The maximum Gasteiger partial charge on any atom is 0.267 e. The summed E-state index contributed by atoms with van der Waals surface area (Å²) in [5, 5.41) is 1.71. The molecule has 0 spiro atoms. The molecule has 2 fully saturated rings. The van der Waals surface area contributed by atoms with E-state index < -0.39 is 23.5 Å². The molecule has 38 heavy (non-hydrogen) atoms. The number of hydroxylamine groups is 1. The van der Waals surface area contributed by atoms with Gasteiger partial charge in [-0.1, -0.05) is 66.7 Å². The minimum absolute atomic E-state index is 0.355. The van der Waals surface area contributed by atoms with Gasteiger partial charge in [0.05, 0.1) is 25.6 Å². The molecule has 0 saturated carbocycles. The van der Waals surface area contributed by atoms with Gasteiger partial charge >= 0.3 is 0 Å². The summed E-state index contributed by atoms with van der Waals surface area (Å²) in [4.78, 5) is 36.6. The van der Waals surface area contributed by atoms with Crippen LogP contribution in [0.4, 0.5) is 11.4 Å². The zero-order valence-electron chi connectivity index (χ0n) is 21.0. The summed E-state index contributed by atoms with van der Waals surface area (Å²) < 4.78 is 10.8. The number of carbonyl (C=O) groups excluding carboxylic acids is 2. The normalized spacial score (nSPS) is 22.5. The molecule has 2 saturated heterocycles. The number of hydrogen-bond acceptors (Lipinski definition) is 6. The number of benzene rings is 4. The molecule has 6 rings (SSSR count). The van der Waals surface area contributed by atoms with Gasteiger partial charge in [0.15, 0.2) is 6.10 Å². The summed E-state index contributed by atoms with van der Waals surface area (Å²) in [7, 11) is 3.16. The van der Waals surface area contributed by atoms with Crippen molar-refractivity contribution in [3.8, 4) is 11.5 Å². The maximum absolute atomic E-state index is 14.7. The molecule has 0 unspecified atom stereocenters. The van der Waals surface area contributed by atoms with Crippen LogP contribution in [0.2, 0.25) is 0 Å². The van der Waals surface area contributed by atoms with Crippen LogP contribution in [0.1, 0.15) is 17.2 Å². The summed E-state index contributed by atoms with van der Waals surface area (Å²) in [5.41, 5.74) is 1.34. The van der Waals surface area contributed by atoms with Gasteiger partial charge in [0.1, 0.15) is 23.0 Å². The lowest BCUT2D eigenvalue weighted by Crippen LogP contribution is -2.46. The lowest BCUT2D eigenvalue weighted by Gasteiger charge is -2.35. The number of methoxy groups -OCH3 is 2. The molecule has 4 aromatic carbocycles. The first-order chi connectivity index (χ1) is 18.6. The number of amides is 2. The largest absolute Gasteiger partial charge is 0.497 e.